The maximum absolute atomic E-state index is 12.7. The van der Waals surface area contributed by atoms with Crippen molar-refractivity contribution in [3.63, 3.8) is 0 Å². The Morgan fingerprint density at radius 2 is 2.11 bits per heavy atom. The first-order valence-electron chi connectivity index (χ1n) is 8.74. The number of nitrogens with zero attached hydrogens (tertiary/aromatic N) is 1. The van der Waals surface area contributed by atoms with E-state index in [4.69, 9.17) is 0 Å². The van der Waals surface area contributed by atoms with Crippen LogP contribution in [-0.4, -0.2) is 39.7 Å². The topological polar surface area (TPSA) is 116 Å². The SMILES string of the molecule is O=C1CCC(N2C(=O)c3ccc(CNC(=O)c4cccs4)cc3C2O)C(=O)N1. The number of piperidine rings is 1. The number of benzene rings is 1. The molecule has 144 valence electrons. The highest BCUT2D eigenvalue weighted by atomic mass is 32.1. The lowest BCUT2D eigenvalue weighted by Gasteiger charge is -2.31. The Bertz CT molecular complexity index is 972. The molecule has 3 N–H and O–H groups in total. The third kappa shape index (κ3) is 3.19. The van der Waals surface area contributed by atoms with Gasteiger partial charge in [-0.25, -0.2) is 0 Å². The lowest BCUT2D eigenvalue weighted by molar-refractivity contribution is -0.139. The number of hydrogen-bond acceptors (Lipinski definition) is 6. The number of imide groups is 1. The van der Waals surface area contributed by atoms with E-state index in [-0.39, 0.29) is 31.2 Å². The summed E-state index contributed by atoms with van der Waals surface area (Å²) < 4.78 is 0. The molecule has 1 aromatic heterocycles. The van der Waals surface area contributed by atoms with Gasteiger partial charge >= 0.3 is 0 Å². The Hall–Kier alpha value is -3.04. The van der Waals surface area contributed by atoms with Crippen molar-refractivity contribution in [2.75, 3.05) is 0 Å². The number of thiophene rings is 1. The van der Waals surface area contributed by atoms with Crippen LogP contribution in [0.5, 0.6) is 0 Å². The van der Waals surface area contributed by atoms with Crippen LogP contribution in [0, 0.1) is 0 Å². The molecule has 4 rings (SSSR count). The van der Waals surface area contributed by atoms with Gasteiger partial charge in [-0.05, 0) is 35.6 Å². The van der Waals surface area contributed by atoms with Gasteiger partial charge in [-0.3, -0.25) is 29.4 Å². The summed E-state index contributed by atoms with van der Waals surface area (Å²) in [5.41, 5.74) is 1.42. The van der Waals surface area contributed by atoms with Gasteiger partial charge < -0.3 is 10.4 Å². The van der Waals surface area contributed by atoms with Gasteiger partial charge in [0.2, 0.25) is 11.8 Å². The van der Waals surface area contributed by atoms with E-state index in [9.17, 15) is 24.3 Å². The molecular weight excluding hydrogens is 382 g/mol. The molecule has 28 heavy (non-hydrogen) atoms. The molecule has 2 aliphatic rings. The summed E-state index contributed by atoms with van der Waals surface area (Å²) in [7, 11) is 0. The molecule has 2 aliphatic heterocycles. The van der Waals surface area contributed by atoms with Crippen LogP contribution in [0.4, 0.5) is 0 Å². The largest absolute Gasteiger partial charge is 0.369 e. The van der Waals surface area contributed by atoms with E-state index in [1.165, 1.54) is 11.3 Å². The van der Waals surface area contributed by atoms with Gasteiger partial charge in [-0.15, -0.1) is 11.3 Å². The highest BCUT2D eigenvalue weighted by Crippen LogP contribution is 2.35. The third-order valence-corrected chi connectivity index (χ3v) is 5.74. The smallest absolute Gasteiger partial charge is 0.261 e. The second-order valence-corrected chi connectivity index (χ2v) is 7.58. The summed E-state index contributed by atoms with van der Waals surface area (Å²) in [5.74, 6) is -1.62. The van der Waals surface area contributed by atoms with Crippen molar-refractivity contribution in [3.8, 4) is 0 Å². The van der Waals surface area contributed by atoms with E-state index in [0.29, 0.717) is 16.0 Å². The van der Waals surface area contributed by atoms with Gasteiger partial charge in [0.25, 0.3) is 11.8 Å². The predicted molar refractivity (Wildman–Crippen MR) is 99.2 cm³/mol. The molecule has 4 amide bonds. The highest BCUT2D eigenvalue weighted by Gasteiger charge is 2.44. The van der Waals surface area contributed by atoms with Crippen LogP contribution >= 0.6 is 11.3 Å². The molecule has 2 aromatic rings. The molecule has 2 unspecified atom stereocenters. The molecule has 1 aromatic carbocycles. The monoisotopic (exact) mass is 399 g/mol. The summed E-state index contributed by atoms with van der Waals surface area (Å²) >= 11 is 1.34. The van der Waals surface area contributed by atoms with Crippen molar-refractivity contribution >= 4 is 35.0 Å². The fraction of sp³-hybridized carbons (Fsp3) is 0.263. The molecule has 0 radical (unpaired) electrons. The molecule has 8 nitrogen and oxygen atoms in total. The third-order valence-electron chi connectivity index (χ3n) is 4.87. The zero-order valence-electron chi connectivity index (χ0n) is 14.7. The van der Waals surface area contributed by atoms with Crippen LogP contribution in [0.2, 0.25) is 0 Å². The Labute approximate surface area is 164 Å². The van der Waals surface area contributed by atoms with Crippen LogP contribution in [0.3, 0.4) is 0 Å². The zero-order valence-corrected chi connectivity index (χ0v) is 15.5. The van der Waals surface area contributed by atoms with Gasteiger partial charge in [0, 0.05) is 24.1 Å². The van der Waals surface area contributed by atoms with E-state index in [2.05, 4.69) is 10.6 Å². The van der Waals surface area contributed by atoms with E-state index in [1.54, 1.807) is 30.3 Å². The summed E-state index contributed by atoms with van der Waals surface area (Å²) in [4.78, 5) is 49.9. The predicted octanol–water partition coefficient (Wildman–Crippen LogP) is 0.930. The second kappa shape index (κ2) is 7.17. The van der Waals surface area contributed by atoms with E-state index in [1.807, 2.05) is 5.38 Å². The first-order valence-corrected chi connectivity index (χ1v) is 9.62. The van der Waals surface area contributed by atoms with E-state index >= 15 is 0 Å². The van der Waals surface area contributed by atoms with E-state index in [0.717, 1.165) is 10.5 Å². The fourth-order valence-electron chi connectivity index (χ4n) is 3.47. The van der Waals surface area contributed by atoms with Gasteiger partial charge in [0.05, 0.1) is 4.88 Å². The molecule has 0 bridgehead atoms. The number of hydrogen-bond donors (Lipinski definition) is 3. The molecule has 0 spiro atoms. The van der Waals surface area contributed by atoms with Crippen LogP contribution in [0.1, 0.15) is 50.2 Å². The minimum atomic E-state index is -1.28. The Balaban J connectivity index is 1.51. The summed E-state index contributed by atoms with van der Waals surface area (Å²) in [6, 6.07) is 7.56. The van der Waals surface area contributed by atoms with Crippen molar-refractivity contribution in [2.45, 2.75) is 31.7 Å². The second-order valence-electron chi connectivity index (χ2n) is 6.63. The number of fused-ring (bicyclic) bond motifs is 1. The van der Waals surface area contributed by atoms with Crippen molar-refractivity contribution in [2.24, 2.45) is 0 Å². The average molecular weight is 399 g/mol. The van der Waals surface area contributed by atoms with Crippen molar-refractivity contribution in [1.82, 2.24) is 15.5 Å². The normalized spacial score (nSPS) is 21.5. The quantitative estimate of drug-likeness (QED) is 0.662. The summed E-state index contributed by atoms with van der Waals surface area (Å²) in [6.07, 6.45) is -0.992. The highest BCUT2D eigenvalue weighted by molar-refractivity contribution is 7.12. The molecule has 1 fully saturated rings. The zero-order chi connectivity index (χ0) is 19.8. The number of rotatable bonds is 4. The number of carbonyl (C=O) groups is 4. The van der Waals surface area contributed by atoms with Gasteiger partial charge in [-0.2, -0.15) is 0 Å². The van der Waals surface area contributed by atoms with Crippen LogP contribution in [-0.2, 0) is 16.1 Å². The van der Waals surface area contributed by atoms with Crippen molar-refractivity contribution < 1.29 is 24.3 Å². The molecule has 9 heteroatoms. The summed E-state index contributed by atoms with van der Waals surface area (Å²) in [6.45, 7) is 0.239. The molecule has 3 heterocycles. The Morgan fingerprint density at radius 3 is 2.82 bits per heavy atom. The first-order chi connectivity index (χ1) is 13.5. The maximum Gasteiger partial charge on any atom is 0.261 e. The van der Waals surface area contributed by atoms with Crippen LogP contribution < -0.4 is 10.6 Å². The van der Waals surface area contributed by atoms with Crippen molar-refractivity contribution in [1.29, 1.82) is 0 Å². The lowest BCUT2D eigenvalue weighted by Crippen LogP contribution is -2.53. The number of amides is 4. The van der Waals surface area contributed by atoms with Crippen LogP contribution in [0.15, 0.2) is 35.7 Å². The van der Waals surface area contributed by atoms with Crippen molar-refractivity contribution in [3.05, 3.63) is 57.3 Å². The standard InChI is InChI=1S/C19H17N3O5S/c23-15-6-5-13(16(24)21-15)22-18(26)11-4-3-10(8-12(11)19(22)27)9-20-17(25)14-2-1-7-28-14/h1-4,7-8,13,19,27H,5-6,9H2,(H,20,25)(H,21,23,24). The van der Waals surface area contributed by atoms with Gasteiger partial charge in [0.15, 0.2) is 6.23 Å². The summed E-state index contributed by atoms with van der Waals surface area (Å²) in [5, 5.41) is 17.5. The fourth-order valence-corrected chi connectivity index (χ4v) is 4.11. The molecule has 0 aliphatic carbocycles. The molecule has 2 atom stereocenters. The maximum atomic E-state index is 12.7. The van der Waals surface area contributed by atoms with E-state index < -0.39 is 24.1 Å². The minimum absolute atomic E-state index is 0.114. The Kier molecular flexibility index (Phi) is 4.70. The first kappa shape index (κ1) is 18.3. The number of aliphatic hydroxyl groups is 1. The molecule has 0 saturated carbocycles. The number of aliphatic hydroxyl groups excluding tert-OH is 1. The molecule has 1 saturated heterocycles. The Morgan fingerprint density at radius 1 is 1.29 bits per heavy atom. The number of carbonyl (C=O) groups excluding carboxylic acids is 4. The average Bonchev–Trinajstić information content (AvgIpc) is 3.29. The number of nitrogens with one attached hydrogen (secondary N) is 2. The van der Waals surface area contributed by atoms with Crippen LogP contribution in [0.25, 0.3) is 0 Å². The van der Waals surface area contributed by atoms with Gasteiger partial charge in [0.1, 0.15) is 6.04 Å². The lowest BCUT2D eigenvalue weighted by atomic mass is 10.0. The van der Waals surface area contributed by atoms with Gasteiger partial charge in [-0.1, -0.05) is 12.1 Å². The molecular formula is C19H17N3O5S. The minimum Gasteiger partial charge on any atom is -0.369 e.